The van der Waals surface area contributed by atoms with Crippen LogP contribution >= 0.6 is 0 Å². The third kappa shape index (κ3) is 7.36. The molecule has 0 saturated carbocycles. The summed E-state index contributed by atoms with van der Waals surface area (Å²) in [5.74, 6) is -0.560. The summed E-state index contributed by atoms with van der Waals surface area (Å²) in [7, 11) is -4.12. The smallest absolute Gasteiger partial charge is 0.192 e. The van der Waals surface area contributed by atoms with Crippen LogP contribution in [0.15, 0.2) is 0 Å². The summed E-state index contributed by atoms with van der Waals surface area (Å²) in [6.07, 6.45) is -0.435. The van der Waals surface area contributed by atoms with E-state index in [0.29, 0.717) is 6.61 Å². The summed E-state index contributed by atoms with van der Waals surface area (Å²) in [4.78, 5) is 0. The van der Waals surface area contributed by atoms with Crippen LogP contribution in [0.3, 0.4) is 0 Å². The first-order chi connectivity index (χ1) is 13.7. The Balaban J connectivity index is 3.34. The fraction of sp³-hybridized carbons (Fsp3) is 1.00. The number of hydrogen-bond acceptors (Lipinski definition) is 5. The van der Waals surface area contributed by atoms with Crippen molar-refractivity contribution in [2.45, 2.75) is 130 Å². The van der Waals surface area contributed by atoms with Gasteiger partial charge >= 0.3 is 0 Å². The van der Waals surface area contributed by atoms with Crippen molar-refractivity contribution in [2.75, 3.05) is 13.2 Å². The topological polar surface area (TPSA) is 57.2 Å². The molecule has 1 aliphatic heterocycles. The standard InChI is InChI=1S/C24H52O5Si2/c1-17(15-25)20(28-30(11,12)22(3,4)5)18(2)21(19-16-26-24(9,10)27-19)29-31(13,14)23(6,7)8/h17-21,25H,15-16H2,1-14H3/t17-,18+,19-,20-,21+/m1/s1. The maximum absolute atomic E-state index is 10.1. The van der Waals surface area contributed by atoms with Crippen LogP contribution in [0, 0.1) is 11.8 Å². The van der Waals surface area contributed by atoms with E-state index < -0.39 is 22.4 Å². The van der Waals surface area contributed by atoms with Crippen molar-refractivity contribution in [1.82, 2.24) is 0 Å². The summed E-state index contributed by atoms with van der Waals surface area (Å²) in [6, 6.07) is 0. The first-order valence-corrected chi connectivity index (χ1v) is 17.7. The normalized spacial score (nSPS) is 24.7. The highest BCUT2D eigenvalue weighted by Gasteiger charge is 2.49. The van der Waals surface area contributed by atoms with Crippen molar-refractivity contribution in [1.29, 1.82) is 0 Å². The molecule has 5 atom stereocenters. The van der Waals surface area contributed by atoms with Gasteiger partial charge in [-0.3, -0.25) is 0 Å². The van der Waals surface area contributed by atoms with Gasteiger partial charge in [0.15, 0.2) is 22.4 Å². The molecule has 0 aromatic rings. The molecule has 0 amide bonds. The summed E-state index contributed by atoms with van der Waals surface area (Å²) in [5, 5.41) is 10.3. The molecule has 0 aromatic heterocycles. The number of rotatable bonds is 9. The van der Waals surface area contributed by atoms with E-state index in [1.165, 1.54) is 0 Å². The molecule has 7 heteroatoms. The van der Waals surface area contributed by atoms with E-state index >= 15 is 0 Å². The lowest BCUT2D eigenvalue weighted by molar-refractivity contribution is -0.157. The Labute approximate surface area is 194 Å². The Bertz CT molecular complexity index is 577. The fourth-order valence-electron chi connectivity index (χ4n) is 3.47. The van der Waals surface area contributed by atoms with E-state index in [9.17, 15) is 5.11 Å². The molecular weight excluding hydrogens is 424 g/mol. The lowest BCUT2D eigenvalue weighted by Gasteiger charge is -2.47. The molecule has 0 aromatic carbocycles. The van der Waals surface area contributed by atoms with Crippen LogP contribution in [0.1, 0.15) is 69.2 Å². The van der Waals surface area contributed by atoms with E-state index in [2.05, 4.69) is 81.6 Å². The second kappa shape index (κ2) is 9.84. The number of aliphatic hydroxyl groups is 1. The first-order valence-electron chi connectivity index (χ1n) is 11.9. The summed E-state index contributed by atoms with van der Waals surface area (Å²) < 4.78 is 26.2. The van der Waals surface area contributed by atoms with E-state index in [0.717, 1.165) is 0 Å². The van der Waals surface area contributed by atoms with Gasteiger partial charge in [-0.05, 0) is 50.1 Å². The lowest BCUT2D eigenvalue weighted by atomic mass is 9.87. The number of ether oxygens (including phenoxy) is 2. The molecule has 0 unspecified atom stereocenters. The molecule has 0 radical (unpaired) electrons. The van der Waals surface area contributed by atoms with Gasteiger partial charge in [-0.2, -0.15) is 0 Å². The zero-order valence-corrected chi connectivity index (χ0v) is 24.9. The predicted octanol–water partition coefficient (Wildman–Crippen LogP) is 6.18. The molecule has 0 spiro atoms. The van der Waals surface area contributed by atoms with Gasteiger partial charge < -0.3 is 23.4 Å². The molecule has 186 valence electrons. The predicted molar refractivity (Wildman–Crippen MR) is 134 cm³/mol. The van der Waals surface area contributed by atoms with Crippen molar-refractivity contribution in [3.8, 4) is 0 Å². The van der Waals surface area contributed by atoms with Gasteiger partial charge in [0.05, 0.1) is 18.8 Å². The molecule has 1 aliphatic rings. The van der Waals surface area contributed by atoms with Gasteiger partial charge in [0.2, 0.25) is 0 Å². The molecule has 1 N–H and O–H groups in total. The van der Waals surface area contributed by atoms with E-state index in [1.807, 2.05) is 13.8 Å². The zero-order valence-electron chi connectivity index (χ0n) is 22.9. The minimum atomic E-state index is -2.07. The van der Waals surface area contributed by atoms with Crippen LogP contribution < -0.4 is 0 Å². The monoisotopic (exact) mass is 476 g/mol. The van der Waals surface area contributed by atoms with Crippen LogP contribution in [0.5, 0.6) is 0 Å². The maximum Gasteiger partial charge on any atom is 0.192 e. The number of aliphatic hydroxyl groups excluding tert-OH is 1. The van der Waals surface area contributed by atoms with Crippen LogP contribution in [0.25, 0.3) is 0 Å². The Morgan fingerprint density at radius 2 is 1.39 bits per heavy atom. The molecule has 1 heterocycles. The van der Waals surface area contributed by atoms with Gasteiger partial charge in [0, 0.05) is 18.4 Å². The first kappa shape index (κ1) is 29.3. The molecular formula is C24H52O5Si2. The van der Waals surface area contributed by atoms with Crippen LogP contribution in [-0.2, 0) is 18.3 Å². The Morgan fingerprint density at radius 3 is 1.74 bits per heavy atom. The highest BCUT2D eigenvalue weighted by Crippen LogP contribution is 2.43. The Kier molecular flexibility index (Phi) is 9.29. The van der Waals surface area contributed by atoms with Gasteiger partial charge in [-0.25, -0.2) is 0 Å². The molecule has 1 fully saturated rings. The SMILES string of the molecule is C[C@@H]([C@H](O[Si](C)(C)C(C)(C)C)[C@H](C)CO)[C@H](O[Si](C)(C)C(C)(C)C)[C@H]1COC(C)(C)O1. The quantitative estimate of drug-likeness (QED) is 0.402. The van der Waals surface area contributed by atoms with Crippen molar-refractivity contribution in [2.24, 2.45) is 11.8 Å². The summed E-state index contributed by atoms with van der Waals surface area (Å²) >= 11 is 0. The second-order valence-corrected chi connectivity index (χ2v) is 22.6. The van der Waals surface area contributed by atoms with E-state index in [4.69, 9.17) is 18.3 Å². The van der Waals surface area contributed by atoms with Crippen LogP contribution in [0.2, 0.25) is 36.3 Å². The molecule has 1 saturated heterocycles. The van der Waals surface area contributed by atoms with Gasteiger partial charge in [-0.15, -0.1) is 0 Å². The summed E-state index contributed by atoms with van der Waals surface area (Å²) in [6.45, 7) is 31.5. The lowest BCUT2D eigenvalue weighted by Crippen LogP contribution is -2.55. The molecule has 31 heavy (non-hydrogen) atoms. The average molecular weight is 477 g/mol. The maximum atomic E-state index is 10.1. The fourth-order valence-corrected chi connectivity index (χ4v) is 6.35. The highest BCUT2D eigenvalue weighted by atomic mass is 28.4. The van der Waals surface area contributed by atoms with Gasteiger partial charge in [-0.1, -0.05) is 55.4 Å². The van der Waals surface area contributed by atoms with Crippen molar-refractivity contribution in [3.63, 3.8) is 0 Å². The van der Waals surface area contributed by atoms with Crippen molar-refractivity contribution < 1.29 is 23.4 Å². The van der Waals surface area contributed by atoms with Crippen molar-refractivity contribution >= 4 is 16.6 Å². The third-order valence-electron chi connectivity index (χ3n) is 7.76. The van der Waals surface area contributed by atoms with Gasteiger partial charge in [0.25, 0.3) is 0 Å². The Morgan fingerprint density at radius 1 is 0.935 bits per heavy atom. The Hall–Kier alpha value is 0.234. The van der Waals surface area contributed by atoms with E-state index in [1.54, 1.807) is 0 Å². The minimum absolute atomic E-state index is 0.00460. The number of hydrogen-bond donors (Lipinski definition) is 1. The largest absolute Gasteiger partial charge is 0.413 e. The minimum Gasteiger partial charge on any atom is -0.413 e. The van der Waals surface area contributed by atoms with Crippen LogP contribution in [0.4, 0.5) is 0 Å². The second-order valence-electron chi connectivity index (χ2n) is 13.1. The molecule has 1 rings (SSSR count). The highest BCUT2D eigenvalue weighted by molar-refractivity contribution is 6.74. The average Bonchev–Trinajstić information content (AvgIpc) is 2.94. The molecule has 0 bridgehead atoms. The van der Waals surface area contributed by atoms with E-state index in [-0.39, 0.29) is 46.8 Å². The zero-order chi connectivity index (χ0) is 24.6. The van der Waals surface area contributed by atoms with Crippen LogP contribution in [-0.4, -0.2) is 59.1 Å². The molecule has 0 aliphatic carbocycles. The third-order valence-corrected chi connectivity index (χ3v) is 16.7. The van der Waals surface area contributed by atoms with Crippen molar-refractivity contribution in [3.05, 3.63) is 0 Å². The van der Waals surface area contributed by atoms with Gasteiger partial charge in [0.1, 0.15) is 6.10 Å². The molecule has 5 nitrogen and oxygen atoms in total. The summed E-state index contributed by atoms with van der Waals surface area (Å²) in [5.41, 5.74) is 0.